The third kappa shape index (κ3) is 4.79. The largest absolute Gasteiger partial charge is 0.497 e. The molecule has 3 aromatic rings. The highest BCUT2D eigenvalue weighted by atomic mass is 35.5. The monoisotopic (exact) mass is 627 g/mol. The van der Waals surface area contributed by atoms with Gasteiger partial charge in [0.2, 0.25) is 5.91 Å². The van der Waals surface area contributed by atoms with Crippen molar-refractivity contribution < 1.29 is 32.2 Å². The van der Waals surface area contributed by atoms with Crippen LogP contribution >= 0.6 is 11.6 Å². The number of likely N-dealkylation sites (N-methyl/N-ethyl adjacent to an activating group) is 1. The summed E-state index contributed by atoms with van der Waals surface area (Å²) in [6, 6.07) is 15.3. The minimum atomic E-state index is -4.57. The second-order valence-electron chi connectivity index (χ2n) is 10.5. The van der Waals surface area contributed by atoms with E-state index >= 15 is 4.79 Å². The summed E-state index contributed by atoms with van der Waals surface area (Å²) >= 11 is 6.56. The number of nitrogens with zero attached hydrogens (tertiary/aromatic N) is 3. The third-order valence-corrected chi connectivity index (χ3v) is 9.91. The molecule has 2 aliphatic heterocycles. The van der Waals surface area contributed by atoms with Crippen molar-refractivity contribution in [3.05, 3.63) is 76.8 Å². The lowest BCUT2D eigenvalue weighted by atomic mass is 9.80. The molecule has 0 spiro atoms. The van der Waals surface area contributed by atoms with E-state index in [1.165, 1.54) is 43.4 Å². The summed E-state index contributed by atoms with van der Waals surface area (Å²) in [5.74, 6) is -0.170. The third-order valence-electron chi connectivity index (χ3n) is 7.94. The van der Waals surface area contributed by atoms with Gasteiger partial charge in [0.15, 0.2) is 5.54 Å². The number of likely N-dealkylation sites (tertiary alicyclic amines) is 1. The molecule has 0 radical (unpaired) electrons. The van der Waals surface area contributed by atoms with Crippen molar-refractivity contribution in [2.24, 2.45) is 0 Å². The topological polar surface area (TPSA) is 106 Å². The first-order valence-corrected chi connectivity index (χ1v) is 15.7. The number of sulfonamides is 1. The van der Waals surface area contributed by atoms with E-state index in [0.717, 1.165) is 4.31 Å². The molecule has 2 atom stereocenters. The van der Waals surface area contributed by atoms with Crippen molar-refractivity contribution in [1.29, 1.82) is 0 Å². The van der Waals surface area contributed by atoms with E-state index in [9.17, 15) is 13.2 Å². The van der Waals surface area contributed by atoms with Crippen LogP contribution in [0.1, 0.15) is 30.9 Å². The number of carbonyl (C=O) groups is 2. The smallest absolute Gasteiger partial charge is 0.274 e. The van der Waals surface area contributed by atoms with E-state index in [-0.39, 0.29) is 22.2 Å². The lowest BCUT2D eigenvalue weighted by Crippen LogP contribution is -2.59. The first-order chi connectivity index (χ1) is 20.5. The van der Waals surface area contributed by atoms with Crippen LogP contribution in [0.2, 0.25) is 5.02 Å². The molecule has 228 valence electrons. The molecule has 1 unspecified atom stereocenters. The van der Waals surface area contributed by atoms with Crippen LogP contribution in [0.5, 0.6) is 17.2 Å². The van der Waals surface area contributed by atoms with E-state index in [2.05, 4.69) is 0 Å². The number of anilines is 1. The second kappa shape index (κ2) is 11.7. The number of methoxy groups -OCH3 is 2. The maximum Gasteiger partial charge on any atom is 0.274 e. The minimum absolute atomic E-state index is 0.0108. The van der Waals surface area contributed by atoms with Gasteiger partial charge in [0, 0.05) is 42.9 Å². The number of amides is 2. The summed E-state index contributed by atoms with van der Waals surface area (Å²) in [6.07, 6.45) is 1.10. The number of ether oxygens (including phenoxy) is 3. The average molecular weight is 628 g/mol. The van der Waals surface area contributed by atoms with Gasteiger partial charge in [-0.1, -0.05) is 29.8 Å². The number of hydrogen-bond donors (Lipinski definition) is 0. The zero-order valence-electron chi connectivity index (χ0n) is 24.7. The molecule has 0 saturated carbocycles. The molecule has 2 amide bonds. The predicted octanol–water partition coefficient (Wildman–Crippen LogP) is 4.29. The molecule has 10 nitrogen and oxygen atoms in total. The molecular formula is C31H34ClN3O7S. The summed E-state index contributed by atoms with van der Waals surface area (Å²) < 4.78 is 46.7. The second-order valence-corrected chi connectivity index (χ2v) is 12.7. The van der Waals surface area contributed by atoms with E-state index in [4.69, 9.17) is 25.8 Å². The summed E-state index contributed by atoms with van der Waals surface area (Å²) in [5, 5.41) is 0.306. The number of halogens is 1. The maximum atomic E-state index is 15.2. The van der Waals surface area contributed by atoms with Gasteiger partial charge in [-0.15, -0.1) is 0 Å². The molecule has 3 aromatic carbocycles. The Morgan fingerprint density at radius 3 is 2.44 bits per heavy atom. The van der Waals surface area contributed by atoms with Gasteiger partial charge < -0.3 is 19.1 Å². The predicted molar refractivity (Wildman–Crippen MR) is 162 cm³/mol. The number of benzene rings is 3. The van der Waals surface area contributed by atoms with Crippen molar-refractivity contribution in [2.45, 2.75) is 36.2 Å². The molecule has 1 saturated heterocycles. The standard InChI is InChI=1S/C31H34ClN3O7S/c1-6-42-26-12-8-7-10-22(26)31(34-17-9-11-25(34)29(36)33(2)3)23-18-20(32)13-15-24(23)35(30(31)37)43(38,39)28-16-14-21(40-4)19-27(28)41-5/h7-8,10,12-16,18-19,25H,6,9,11,17H2,1-5H3/t25-,31?/m0/s1. The van der Waals surface area contributed by atoms with Gasteiger partial charge in [0.05, 0.1) is 32.6 Å². The fraction of sp³-hybridized carbons (Fsp3) is 0.355. The van der Waals surface area contributed by atoms with Crippen molar-refractivity contribution >= 4 is 39.1 Å². The van der Waals surface area contributed by atoms with Gasteiger partial charge >= 0.3 is 0 Å². The van der Waals surface area contributed by atoms with E-state index in [1.807, 2.05) is 11.8 Å². The van der Waals surface area contributed by atoms with Gasteiger partial charge in [0.25, 0.3) is 15.9 Å². The molecular weight excluding hydrogens is 594 g/mol. The summed E-state index contributed by atoms with van der Waals surface area (Å²) in [6.45, 7) is 2.47. The van der Waals surface area contributed by atoms with Crippen LogP contribution in [-0.4, -0.2) is 77.5 Å². The van der Waals surface area contributed by atoms with Gasteiger partial charge in [-0.2, -0.15) is 0 Å². The van der Waals surface area contributed by atoms with E-state index in [0.29, 0.717) is 53.6 Å². The summed E-state index contributed by atoms with van der Waals surface area (Å²) in [4.78, 5) is 31.9. The lowest BCUT2D eigenvalue weighted by molar-refractivity contribution is -0.138. The average Bonchev–Trinajstić information content (AvgIpc) is 3.57. The highest BCUT2D eigenvalue weighted by Gasteiger charge is 2.63. The molecule has 0 aromatic heterocycles. The van der Waals surface area contributed by atoms with Gasteiger partial charge in [-0.3, -0.25) is 14.5 Å². The van der Waals surface area contributed by atoms with Crippen molar-refractivity contribution in [3.8, 4) is 17.2 Å². The van der Waals surface area contributed by atoms with Crippen LogP contribution in [0.25, 0.3) is 0 Å². The van der Waals surface area contributed by atoms with Crippen LogP contribution in [0, 0.1) is 0 Å². The normalized spacial score (nSPS) is 20.2. The van der Waals surface area contributed by atoms with Crippen LogP contribution in [0.4, 0.5) is 5.69 Å². The molecule has 2 aliphatic rings. The molecule has 0 N–H and O–H groups in total. The number of rotatable bonds is 9. The Balaban J connectivity index is 1.85. The van der Waals surface area contributed by atoms with Gasteiger partial charge in [-0.05, 0) is 56.2 Å². The Morgan fingerprint density at radius 1 is 1.02 bits per heavy atom. The zero-order chi connectivity index (χ0) is 31.1. The Kier molecular flexibility index (Phi) is 8.34. The van der Waals surface area contributed by atoms with Crippen LogP contribution in [0.15, 0.2) is 65.6 Å². The van der Waals surface area contributed by atoms with Crippen molar-refractivity contribution in [1.82, 2.24) is 9.80 Å². The van der Waals surface area contributed by atoms with Crippen LogP contribution in [0.3, 0.4) is 0 Å². The van der Waals surface area contributed by atoms with E-state index < -0.39 is 27.5 Å². The van der Waals surface area contributed by atoms with Crippen LogP contribution in [-0.2, 0) is 25.2 Å². The minimum Gasteiger partial charge on any atom is -0.497 e. The maximum absolute atomic E-state index is 15.2. The van der Waals surface area contributed by atoms with Crippen molar-refractivity contribution in [3.63, 3.8) is 0 Å². The Morgan fingerprint density at radius 2 is 1.77 bits per heavy atom. The molecule has 0 bridgehead atoms. The molecule has 1 fully saturated rings. The Hall–Kier alpha value is -3.80. The summed E-state index contributed by atoms with van der Waals surface area (Å²) in [7, 11) is 1.55. The summed E-state index contributed by atoms with van der Waals surface area (Å²) in [5.41, 5.74) is -0.873. The fourth-order valence-electron chi connectivity index (χ4n) is 6.13. The first-order valence-electron chi connectivity index (χ1n) is 13.9. The lowest BCUT2D eigenvalue weighted by Gasteiger charge is -2.42. The zero-order valence-corrected chi connectivity index (χ0v) is 26.2. The molecule has 5 rings (SSSR count). The highest BCUT2D eigenvalue weighted by molar-refractivity contribution is 7.93. The number of para-hydroxylation sites is 1. The Labute approximate surface area is 256 Å². The quantitative estimate of drug-likeness (QED) is 0.346. The SMILES string of the molecule is CCOc1ccccc1C1(N2CCC[C@H]2C(=O)N(C)C)C(=O)N(S(=O)(=O)c2ccc(OC)cc2OC)c2ccc(Cl)cc21. The van der Waals surface area contributed by atoms with Crippen molar-refractivity contribution in [2.75, 3.05) is 45.8 Å². The first kappa shape index (κ1) is 30.7. The number of hydrogen-bond acceptors (Lipinski definition) is 8. The van der Waals surface area contributed by atoms with Gasteiger partial charge in [0.1, 0.15) is 22.1 Å². The molecule has 2 heterocycles. The molecule has 12 heteroatoms. The highest BCUT2D eigenvalue weighted by Crippen LogP contribution is 2.55. The Bertz CT molecular complexity index is 1680. The number of carbonyl (C=O) groups excluding carboxylic acids is 2. The van der Waals surface area contributed by atoms with Crippen LogP contribution < -0.4 is 18.5 Å². The van der Waals surface area contributed by atoms with E-state index in [1.54, 1.807) is 50.5 Å². The fourth-order valence-corrected chi connectivity index (χ4v) is 7.91. The molecule has 0 aliphatic carbocycles. The number of fused-ring (bicyclic) bond motifs is 1. The molecule has 43 heavy (non-hydrogen) atoms. The van der Waals surface area contributed by atoms with Gasteiger partial charge in [-0.25, -0.2) is 12.7 Å².